The van der Waals surface area contributed by atoms with E-state index in [0.717, 1.165) is 107 Å². The summed E-state index contributed by atoms with van der Waals surface area (Å²) in [5.74, 6) is 2.64. The molecule has 292 valence electrons. The van der Waals surface area contributed by atoms with Gasteiger partial charge >= 0.3 is 12.2 Å². The Labute approximate surface area is 329 Å². The van der Waals surface area contributed by atoms with Gasteiger partial charge in [0.1, 0.15) is 22.9 Å². The molecule has 4 aliphatic rings. The zero-order valence-electron chi connectivity index (χ0n) is 33.5. The number of carbonyl (C=O) groups excluding carboxylic acids is 2. The van der Waals surface area contributed by atoms with Gasteiger partial charge in [-0.25, -0.2) is 19.6 Å². The van der Waals surface area contributed by atoms with Gasteiger partial charge < -0.3 is 19.4 Å². The van der Waals surface area contributed by atoms with Crippen molar-refractivity contribution in [2.45, 2.75) is 128 Å². The van der Waals surface area contributed by atoms with Crippen LogP contribution in [0.15, 0.2) is 73.1 Å². The maximum absolute atomic E-state index is 13.4. The fourth-order valence-corrected chi connectivity index (χ4v) is 9.96. The Balaban J connectivity index is 0.900. The number of benzene rings is 3. The lowest BCUT2D eigenvalue weighted by molar-refractivity contribution is 0.0120. The molecule has 2 N–H and O–H groups in total. The van der Waals surface area contributed by atoms with E-state index in [2.05, 4.69) is 70.6 Å². The van der Waals surface area contributed by atoms with Crippen molar-refractivity contribution in [3.63, 3.8) is 0 Å². The lowest BCUT2D eigenvalue weighted by Gasteiger charge is -2.31. The molecule has 10 heteroatoms. The van der Waals surface area contributed by atoms with Crippen molar-refractivity contribution < 1.29 is 19.1 Å². The summed E-state index contributed by atoms with van der Waals surface area (Å²) in [4.78, 5) is 47.5. The Hall–Kier alpha value is -5.12. The molecule has 2 amide bonds. The van der Waals surface area contributed by atoms with Gasteiger partial charge in [0, 0.05) is 17.6 Å². The van der Waals surface area contributed by atoms with E-state index in [9.17, 15) is 9.59 Å². The van der Waals surface area contributed by atoms with Crippen LogP contribution in [0.4, 0.5) is 9.59 Å². The quantitative estimate of drug-likeness (QED) is 0.184. The van der Waals surface area contributed by atoms with Gasteiger partial charge in [0.2, 0.25) is 0 Å². The number of nitrogens with zero attached hydrogens (tertiary/aromatic N) is 4. The van der Waals surface area contributed by atoms with Gasteiger partial charge in [-0.2, -0.15) is 0 Å². The van der Waals surface area contributed by atoms with E-state index < -0.39 is 11.2 Å². The third-order valence-corrected chi connectivity index (χ3v) is 12.4. The Morgan fingerprint density at radius 2 is 1.02 bits per heavy atom. The average Bonchev–Trinajstić information content (AvgIpc) is 3.99. The normalized spacial score (nSPS) is 24.8. The lowest BCUT2D eigenvalue weighted by atomic mass is 9.98. The first kappa shape index (κ1) is 36.5. The van der Waals surface area contributed by atoms with Crippen LogP contribution in [-0.2, 0) is 9.47 Å². The molecule has 2 aliphatic heterocycles. The van der Waals surface area contributed by atoms with E-state index in [1.807, 2.05) is 63.7 Å². The lowest BCUT2D eigenvalue weighted by Crippen LogP contribution is -2.41. The zero-order chi connectivity index (χ0) is 38.9. The minimum Gasteiger partial charge on any atom is -0.444 e. The smallest absolute Gasteiger partial charge is 0.411 e. The van der Waals surface area contributed by atoms with Crippen LogP contribution in [0.5, 0.6) is 0 Å². The highest BCUT2D eigenvalue weighted by molar-refractivity contribution is 5.90. The summed E-state index contributed by atoms with van der Waals surface area (Å²) < 4.78 is 11.7. The van der Waals surface area contributed by atoms with Crippen LogP contribution in [0.25, 0.3) is 44.4 Å². The van der Waals surface area contributed by atoms with Crippen LogP contribution in [0.2, 0.25) is 0 Å². The van der Waals surface area contributed by atoms with E-state index in [4.69, 9.17) is 19.4 Å². The fourth-order valence-electron chi connectivity index (χ4n) is 9.96. The van der Waals surface area contributed by atoms with Crippen LogP contribution < -0.4 is 0 Å². The first-order valence-electron chi connectivity index (χ1n) is 20.6. The number of amides is 2. The molecular weight excluding hydrogens is 701 g/mol. The van der Waals surface area contributed by atoms with Gasteiger partial charge in [-0.05, 0) is 131 Å². The number of likely N-dealkylation sites (tertiary alicyclic amines) is 2. The maximum atomic E-state index is 13.4. The summed E-state index contributed by atoms with van der Waals surface area (Å²) in [6, 6.07) is 21.9. The standard InChI is InChI=1S/C46H54N6O4/c1-45(2,3)55-43(53)51-37-11-7-9-33(37)23-39(51)41-47-25-35(49-41)28-15-13-27(14-16-28)29-17-18-31-22-32(20-19-30(31)21-29)36-26-48-42(50-36)40-24-34-10-8-12-38(34)52(40)44(54)56-46(4,5)6/h13-22,25-26,33-34,37-40H,7-12,23-24H2,1-6H3,(H,47,49)(H,48,50)/t33-,34-,37-,38-,39-,40-/m0/s1. The zero-order valence-corrected chi connectivity index (χ0v) is 33.5. The van der Waals surface area contributed by atoms with Crippen molar-refractivity contribution in [3.8, 4) is 33.6 Å². The highest BCUT2D eigenvalue weighted by Crippen LogP contribution is 2.49. The number of carbonyl (C=O) groups is 2. The molecule has 2 aliphatic carbocycles. The molecule has 6 atom stereocenters. The van der Waals surface area contributed by atoms with Crippen molar-refractivity contribution in [3.05, 3.63) is 84.7 Å². The Bertz CT molecular complexity index is 2260. The number of aromatic nitrogens is 4. The van der Waals surface area contributed by atoms with Crippen LogP contribution >= 0.6 is 0 Å². The summed E-state index contributed by atoms with van der Waals surface area (Å²) >= 11 is 0. The monoisotopic (exact) mass is 754 g/mol. The minimum absolute atomic E-state index is 0.108. The molecule has 2 saturated heterocycles. The molecular formula is C46H54N6O4. The predicted octanol–water partition coefficient (Wildman–Crippen LogP) is 11.0. The Morgan fingerprint density at radius 1 is 0.589 bits per heavy atom. The molecule has 2 aromatic heterocycles. The molecule has 10 nitrogen and oxygen atoms in total. The molecule has 0 unspecified atom stereocenters. The van der Waals surface area contributed by atoms with Crippen LogP contribution in [0.3, 0.4) is 0 Å². The summed E-state index contributed by atoms with van der Waals surface area (Å²) in [6.45, 7) is 11.5. The number of aromatic amines is 2. The molecule has 56 heavy (non-hydrogen) atoms. The van der Waals surface area contributed by atoms with Crippen LogP contribution in [0.1, 0.15) is 117 Å². The number of ether oxygens (including phenoxy) is 2. The van der Waals surface area contributed by atoms with Crippen LogP contribution in [-0.4, -0.2) is 65.2 Å². The highest BCUT2D eigenvalue weighted by Gasteiger charge is 2.50. The van der Waals surface area contributed by atoms with E-state index in [-0.39, 0.29) is 36.4 Å². The van der Waals surface area contributed by atoms with E-state index in [1.54, 1.807) is 0 Å². The van der Waals surface area contributed by atoms with E-state index >= 15 is 0 Å². The number of hydrogen-bond donors (Lipinski definition) is 2. The minimum atomic E-state index is -0.546. The van der Waals surface area contributed by atoms with Gasteiger partial charge in [-0.15, -0.1) is 0 Å². The fraction of sp³-hybridized carbons (Fsp3) is 0.478. The molecule has 4 heterocycles. The highest BCUT2D eigenvalue weighted by atomic mass is 16.6. The average molecular weight is 755 g/mol. The second kappa shape index (κ2) is 13.8. The molecule has 4 fully saturated rings. The van der Waals surface area contributed by atoms with Gasteiger partial charge in [0.25, 0.3) is 0 Å². The summed E-state index contributed by atoms with van der Waals surface area (Å²) in [5.41, 5.74) is 5.18. The third-order valence-electron chi connectivity index (χ3n) is 12.4. The molecule has 0 spiro atoms. The van der Waals surface area contributed by atoms with E-state index in [0.29, 0.717) is 11.8 Å². The number of nitrogens with one attached hydrogen (secondary N) is 2. The van der Waals surface area contributed by atoms with Gasteiger partial charge in [0.15, 0.2) is 0 Å². The first-order valence-corrected chi connectivity index (χ1v) is 20.6. The summed E-state index contributed by atoms with van der Waals surface area (Å²) in [5, 5.41) is 2.30. The number of H-pyrrole nitrogens is 2. The molecule has 2 saturated carbocycles. The van der Waals surface area contributed by atoms with Crippen molar-refractivity contribution in [2.75, 3.05) is 0 Å². The van der Waals surface area contributed by atoms with E-state index in [1.165, 1.54) is 0 Å². The molecule has 3 aromatic carbocycles. The first-order chi connectivity index (χ1) is 26.8. The molecule has 0 radical (unpaired) electrons. The van der Waals surface area contributed by atoms with Gasteiger partial charge in [-0.1, -0.05) is 61.4 Å². The second-order valence-corrected chi connectivity index (χ2v) is 18.5. The molecule has 0 bridgehead atoms. The van der Waals surface area contributed by atoms with Crippen molar-refractivity contribution in [1.82, 2.24) is 29.7 Å². The second-order valence-electron chi connectivity index (χ2n) is 18.5. The van der Waals surface area contributed by atoms with Gasteiger partial charge in [-0.3, -0.25) is 9.80 Å². The van der Waals surface area contributed by atoms with Crippen molar-refractivity contribution in [1.29, 1.82) is 0 Å². The topological polar surface area (TPSA) is 116 Å². The number of fused-ring (bicyclic) bond motifs is 3. The van der Waals surface area contributed by atoms with Crippen LogP contribution in [0, 0.1) is 11.8 Å². The SMILES string of the molecule is CC(C)(C)OC(=O)N1[C@H](c2ncc(-c3ccc(-c4ccc5cc(-c6cnc([C@@H]7C[C@@H]8CCC[C@@H]8N7C(=O)OC(C)(C)C)[nH]6)ccc5c4)cc3)[nH]2)C[C@@H]2CCC[C@@H]21. The summed E-state index contributed by atoms with van der Waals surface area (Å²) in [6.07, 6.45) is 11.8. The number of imidazole rings is 2. The van der Waals surface area contributed by atoms with Crippen molar-refractivity contribution >= 4 is 23.0 Å². The van der Waals surface area contributed by atoms with Crippen molar-refractivity contribution in [2.24, 2.45) is 11.8 Å². The predicted molar refractivity (Wildman–Crippen MR) is 218 cm³/mol. The Morgan fingerprint density at radius 3 is 1.52 bits per heavy atom. The number of hydrogen-bond acceptors (Lipinski definition) is 6. The largest absolute Gasteiger partial charge is 0.444 e. The number of rotatable bonds is 5. The third kappa shape index (κ3) is 6.96. The van der Waals surface area contributed by atoms with Gasteiger partial charge in [0.05, 0.1) is 35.9 Å². The molecule has 9 rings (SSSR count). The maximum Gasteiger partial charge on any atom is 0.411 e. The Kier molecular flexibility index (Phi) is 9.01. The molecule has 5 aromatic rings. The summed E-state index contributed by atoms with van der Waals surface area (Å²) in [7, 11) is 0.